The maximum absolute atomic E-state index is 13.6. The van der Waals surface area contributed by atoms with Crippen LogP contribution in [0, 0.1) is 5.82 Å². The van der Waals surface area contributed by atoms with Gasteiger partial charge < -0.3 is 10.6 Å². The summed E-state index contributed by atoms with van der Waals surface area (Å²) in [5.41, 5.74) is 3.41. The van der Waals surface area contributed by atoms with Crippen molar-refractivity contribution in [3.8, 4) is 0 Å². The third-order valence-electron chi connectivity index (χ3n) is 3.79. The molecular weight excluding hydrogens is 373 g/mol. The van der Waals surface area contributed by atoms with Crippen LogP contribution in [0.4, 0.5) is 22.2 Å². The Bertz CT molecular complexity index is 954. The number of fused-ring (bicyclic) bond motifs is 1. The van der Waals surface area contributed by atoms with Gasteiger partial charge in [-0.05, 0) is 32.0 Å². The molecule has 9 nitrogen and oxygen atoms in total. The van der Waals surface area contributed by atoms with E-state index in [-0.39, 0.29) is 28.6 Å². The van der Waals surface area contributed by atoms with Gasteiger partial charge in [0.05, 0.1) is 16.4 Å². The van der Waals surface area contributed by atoms with Crippen LogP contribution in [0.5, 0.6) is 0 Å². The molecule has 3 N–H and O–H groups in total. The van der Waals surface area contributed by atoms with E-state index < -0.39 is 15.7 Å². The van der Waals surface area contributed by atoms with Crippen LogP contribution in [-0.4, -0.2) is 47.9 Å². The Labute approximate surface area is 156 Å². The molecule has 0 bridgehead atoms. The molecule has 0 saturated heterocycles. The average molecular weight is 393 g/mol. The van der Waals surface area contributed by atoms with Gasteiger partial charge in [0, 0.05) is 25.1 Å². The van der Waals surface area contributed by atoms with Crippen LogP contribution in [0.3, 0.4) is 0 Å². The third-order valence-corrected chi connectivity index (χ3v) is 5.56. The lowest BCUT2D eigenvalue weighted by Gasteiger charge is -2.18. The number of halogens is 1. The molecule has 1 aromatic carbocycles. The molecule has 3 rings (SSSR count). The normalized spacial score (nSPS) is 16.6. The quantitative estimate of drug-likeness (QED) is 0.502. The zero-order valence-corrected chi connectivity index (χ0v) is 15.8. The van der Waals surface area contributed by atoms with Gasteiger partial charge >= 0.3 is 0 Å². The molecule has 0 amide bonds. The van der Waals surface area contributed by atoms with Crippen molar-refractivity contribution < 1.29 is 12.8 Å². The molecule has 0 unspecified atom stereocenters. The lowest BCUT2D eigenvalue weighted by Crippen LogP contribution is -2.23. The summed E-state index contributed by atoms with van der Waals surface area (Å²) < 4.78 is 38.0. The van der Waals surface area contributed by atoms with Gasteiger partial charge in [-0.15, -0.1) is 0 Å². The first-order chi connectivity index (χ1) is 12.9. The number of benzene rings is 1. The SMILES string of the molecule is CCNc1nc(NCC)nc(N/N=C2/CCS(=O)(=O)c3ccc(F)cc32)n1. The molecule has 0 fully saturated rings. The van der Waals surface area contributed by atoms with E-state index in [0.29, 0.717) is 30.7 Å². The van der Waals surface area contributed by atoms with Crippen LogP contribution in [0.2, 0.25) is 0 Å². The predicted molar refractivity (Wildman–Crippen MR) is 101 cm³/mol. The maximum atomic E-state index is 13.6. The zero-order valence-electron chi connectivity index (χ0n) is 15.0. The summed E-state index contributed by atoms with van der Waals surface area (Å²) in [6, 6.07) is 3.57. The van der Waals surface area contributed by atoms with Gasteiger partial charge in [-0.1, -0.05) is 0 Å². The number of hydrazone groups is 1. The minimum absolute atomic E-state index is 0.0769. The molecule has 0 aliphatic carbocycles. The number of nitrogens with zero attached hydrogens (tertiary/aromatic N) is 4. The van der Waals surface area contributed by atoms with E-state index in [1.165, 1.54) is 12.1 Å². The number of anilines is 3. The van der Waals surface area contributed by atoms with Crippen molar-refractivity contribution in [3.63, 3.8) is 0 Å². The van der Waals surface area contributed by atoms with E-state index in [1.807, 2.05) is 13.8 Å². The highest BCUT2D eigenvalue weighted by atomic mass is 32.2. The Kier molecular flexibility index (Phi) is 5.49. The van der Waals surface area contributed by atoms with Gasteiger partial charge in [-0.25, -0.2) is 18.2 Å². The molecular formula is C16H20FN7O2S. The summed E-state index contributed by atoms with van der Waals surface area (Å²) >= 11 is 0. The summed E-state index contributed by atoms with van der Waals surface area (Å²) in [4.78, 5) is 12.7. The topological polar surface area (TPSA) is 121 Å². The fourth-order valence-electron chi connectivity index (χ4n) is 2.61. The monoisotopic (exact) mass is 393 g/mol. The molecule has 1 aliphatic rings. The van der Waals surface area contributed by atoms with E-state index in [4.69, 9.17) is 0 Å². The molecule has 0 spiro atoms. The Hall–Kier alpha value is -2.82. The molecule has 0 atom stereocenters. The first-order valence-corrected chi connectivity index (χ1v) is 10.2. The highest BCUT2D eigenvalue weighted by molar-refractivity contribution is 7.91. The summed E-state index contributed by atoms with van der Waals surface area (Å²) in [7, 11) is -3.44. The van der Waals surface area contributed by atoms with Crippen molar-refractivity contribution >= 4 is 33.4 Å². The van der Waals surface area contributed by atoms with Crippen LogP contribution < -0.4 is 16.1 Å². The number of nitrogens with one attached hydrogen (secondary N) is 3. The fraction of sp³-hybridized carbons (Fsp3) is 0.375. The van der Waals surface area contributed by atoms with Crippen LogP contribution >= 0.6 is 0 Å². The van der Waals surface area contributed by atoms with Crippen LogP contribution in [-0.2, 0) is 9.84 Å². The van der Waals surface area contributed by atoms with Crippen LogP contribution in [0.25, 0.3) is 0 Å². The Balaban J connectivity index is 1.93. The van der Waals surface area contributed by atoms with Crippen LogP contribution in [0.1, 0.15) is 25.8 Å². The van der Waals surface area contributed by atoms with Crippen molar-refractivity contribution in [2.45, 2.75) is 25.2 Å². The number of aromatic nitrogens is 3. The highest BCUT2D eigenvalue weighted by Gasteiger charge is 2.28. The lowest BCUT2D eigenvalue weighted by molar-refractivity contribution is 0.593. The second kappa shape index (κ2) is 7.82. The molecule has 144 valence electrons. The largest absolute Gasteiger partial charge is 0.354 e. The third kappa shape index (κ3) is 4.30. The van der Waals surface area contributed by atoms with Gasteiger partial charge in [0.15, 0.2) is 9.84 Å². The average Bonchev–Trinajstić information content (AvgIpc) is 2.61. The van der Waals surface area contributed by atoms with E-state index in [0.717, 1.165) is 6.07 Å². The van der Waals surface area contributed by atoms with E-state index in [9.17, 15) is 12.8 Å². The van der Waals surface area contributed by atoms with Crippen molar-refractivity contribution in [1.82, 2.24) is 15.0 Å². The molecule has 27 heavy (non-hydrogen) atoms. The van der Waals surface area contributed by atoms with Gasteiger partial charge in [0.2, 0.25) is 17.8 Å². The van der Waals surface area contributed by atoms with Gasteiger partial charge in [-0.2, -0.15) is 20.1 Å². The summed E-state index contributed by atoms with van der Waals surface area (Å²) in [5.74, 6) is 0.334. The predicted octanol–water partition coefficient (Wildman–Crippen LogP) is 1.87. The first kappa shape index (κ1) is 19.0. The van der Waals surface area contributed by atoms with E-state index in [2.05, 4.69) is 36.1 Å². The van der Waals surface area contributed by atoms with E-state index in [1.54, 1.807) is 0 Å². The number of hydrogen-bond donors (Lipinski definition) is 3. The second-order valence-corrected chi connectivity index (χ2v) is 7.82. The lowest BCUT2D eigenvalue weighted by atomic mass is 10.1. The maximum Gasteiger partial charge on any atom is 0.250 e. The fourth-order valence-corrected chi connectivity index (χ4v) is 4.08. The molecule has 1 aromatic heterocycles. The molecule has 2 heterocycles. The first-order valence-electron chi connectivity index (χ1n) is 8.52. The molecule has 0 saturated carbocycles. The van der Waals surface area contributed by atoms with Crippen molar-refractivity contribution in [3.05, 3.63) is 29.6 Å². The smallest absolute Gasteiger partial charge is 0.250 e. The molecule has 2 aromatic rings. The van der Waals surface area contributed by atoms with Gasteiger partial charge in [0.25, 0.3) is 0 Å². The summed E-state index contributed by atoms with van der Waals surface area (Å²) in [6.07, 6.45) is 0.164. The molecule has 1 aliphatic heterocycles. The highest BCUT2D eigenvalue weighted by Crippen LogP contribution is 2.26. The van der Waals surface area contributed by atoms with Crippen molar-refractivity contribution in [2.24, 2.45) is 5.10 Å². The Morgan fingerprint density at radius 2 is 1.70 bits per heavy atom. The van der Waals surface area contributed by atoms with Crippen molar-refractivity contribution in [2.75, 3.05) is 34.9 Å². The summed E-state index contributed by atoms with van der Waals surface area (Å²) in [5, 5.41) is 10.2. The Morgan fingerprint density at radius 3 is 2.33 bits per heavy atom. The zero-order chi connectivity index (χ0) is 19.4. The Morgan fingerprint density at radius 1 is 1.07 bits per heavy atom. The molecule has 11 heteroatoms. The van der Waals surface area contributed by atoms with E-state index >= 15 is 0 Å². The number of sulfone groups is 1. The minimum Gasteiger partial charge on any atom is -0.354 e. The van der Waals surface area contributed by atoms with Crippen LogP contribution in [0.15, 0.2) is 28.2 Å². The van der Waals surface area contributed by atoms with Gasteiger partial charge in [-0.3, -0.25) is 0 Å². The van der Waals surface area contributed by atoms with Crippen molar-refractivity contribution in [1.29, 1.82) is 0 Å². The standard InChI is InChI=1S/C16H20FN7O2S/c1-3-18-14-20-15(19-4-2)22-16(21-14)24-23-12-7-8-27(25,26)13-6-5-10(17)9-11(12)13/h5-6,9H,3-4,7-8H2,1-2H3,(H3,18,19,20,21,22,24)/b23-12-. The number of rotatable bonds is 6. The minimum atomic E-state index is -3.44. The number of hydrogen-bond acceptors (Lipinski definition) is 9. The second-order valence-electron chi connectivity index (χ2n) is 5.75. The molecule has 0 radical (unpaired) electrons. The van der Waals surface area contributed by atoms with Gasteiger partial charge in [0.1, 0.15) is 5.82 Å². The summed E-state index contributed by atoms with van der Waals surface area (Å²) in [6.45, 7) is 5.10.